The minimum atomic E-state index is -0.196. The fourth-order valence-corrected chi connectivity index (χ4v) is 1.50. The van der Waals surface area contributed by atoms with Gasteiger partial charge in [0.15, 0.2) is 0 Å². The first-order valence-corrected chi connectivity index (χ1v) is 6.23. The van der Waals surface area contributed by atoms with E-state index in [4.69, 9.17) is 11.6 Å². The van der Waals surface area contributed by atoms with Crippen LogP contribution in [0.4, 0.5) is 0 Å². The highest BCUT2D eigenvalue weighted by molar-refractivity contribution is 6.29. The van der Waals surface area contributed by atoms with Crippen molar-refractivity contribution in [3.63, 3.8) is 0 Å². The van der Waals surface area contributed by atoms with E-state index in [-0.39, 0.29) is 5.91 Å². The van der Waals surface area contributed by atoms with Gasteiger partial charge in [0.25, 0.3) is 5.91 Å². The summed E-state index contributed by atoms with van der Waals surface area (Å²) in [5, 5.41) is 3.10. The summed E-state index contributed by atoms with van der Waals surface area (Å²) < 4.78 is 0. The van der Waals surface area contributed by atoms with Crippen molar-refractivity contribution >= 4 is 17.5 Å². The molecular weight excluding hydrogens is 238 g/mol. The summed E-state index contributed by atoms with van der Waals surface area (Å²) in [6, 6.07) is 0. The predicted molar refractivity (Wildman–Crippen MR) is 68.1 cm³/mol. The van der Waals surface area contributed by atoms with Gasteiger partial charge in [0, 0.05) is 6.54 Å². The first kappa shape index (κ1) is 13.9. The van der Waals surface area contributed by atoms with Crippen molar-refractivity contribution in [3.05, 3.63) is 23.2 Å². The normalized spacial score (nSPS) is 10.6. The number of amides is 1. The molecule has 0 saturated carbocycles. The summed E-state index contributed by atoms with van der Waals surface area (Å²) in [6.45, 7) is 5.07. The number of nitrogens with zero attached hydrogens (tertiary/aromatic N) is 2. The van der Waals surface area contributed by atoms with Crippen LogP contribution >= 0.6 is 11.6 Å². The van der Waals surface area contributed by atoms with Gasteiger partial charge >= 0.3 is 0 Å². The van der Waals surface area contributed by atoms with Crippen molar-refractivity contribution in [1.82, 2.24) is 15.3 Å². The average Bonchev–Trinajstić information content (AvgIpc) is 2.29. The van der Waals surface area contributed by atoms with E-state index in [0.717, 1.165) is 12.8 Å². The van der Waals surface area contributed by atoms with E-state index in [1.807, 2.05) is 0 Å². The second-order valence-electron chi connectivity index (χ2n) is 4.37. The molecule has 0 unspecified atom stereocenters. The summed E-state index contributed by atoms with van der Waals surface area (Å²) >= 11 is 5.59. The maximum Gasteiger partial charge on any atom is 0.271 e. The Morgan fingerprint density at radius 2 is 2.12 bits per heavy atom. The molecule has 0 radical (unpaired) electrons. The van der Waals surface area contributed by atoms with Gasteiger partial charge in [-0.25, -0.2) is 9.97 Å². The standard InChI is InChI=1S/C12H18ClN3O/c1-9(2)5-3-4-6-14-12(17)10-7-16-11(13)8-15-10/h7-9H,3-6H2,1-2H3,(H,14,17). The molecule has 0 aliphatic carbocycles. The van der Waals surface area contributed by atoms with E-state index in [1.165, 1.54) is 18.8 Å². The lowest BCUT2D eigenvalue weighted by atomic mass is 10.1. The van der Waals surface area contributed by atoms with E-state index < -0.39 is 0 Å². The number of aromatic nitrogens is 2. The Morgan fingerprint density at radius 1 is 1.35 bits per heavy atom. The molecule has 1 aromatic rings. The maximum atomic E-state index is 11.6. The molecule has 0 bridgehead atoms. The monoisotopic (exact) mass is 255 g/mol. The first-order valence-electron chi connectivity index (χ1n) is 5.85. The zero-order valence-corrected chi connectivity index (χ0v) is 11.0. The van der Waals surface area contributed by atoms with Gasteiger partial charge in [0.1, 0.15) is 10.8 Å². The molecule has 1 amide bonds. The fourth-order valence-electron chi connectivity index (χ4n) is 1.40. The van der Waals surface area contributed by atoms with Crippen LogP contribution < -0.4 is 5.32 Å². The van der Waals surface area contributed by atoms with Crippen molar-refractivity contribution < 1.29 is 4.79 Å². The highest BCUT2D eigenvalue weighted by atomic mass is 35.5. The van der Waals surface area contributed by atoms with E-state index in [1.54, 1.807) is 0 Å². The highest BCUT2D eigenvalue weighted by Crippen LogP contribution is 2.05. The Kier molecular flexibility index (Phi) is 5.91. The Labute approximate surface area is 107 Å². The van der Waals surface area contributed by atoms with Crippen LogP contribution in [0.1, 0.15) is 43.6 Å². The molecule has 17 heavy (non-hydrogen) atoms. The molecule has 1 N–H and O–H groups in total. The fraction of sp³-hybridized carbons (Fsp3) is 0.583. The van der Waals surface area contributed by atoms with Gasteiger partial charge < -0.3 is 5.32 Å². The van der Waals surface area contributed by atoms with Gasteiger partial charge in [-0.1, -0.05) is 38.3 Å². The molecule has 0 aliphatic heterocycles. The Morgan fingerprint density at radius 3 is 2.71 bits per heavy atom. The number of rotatable bonds is 6. The molecule has 0 aliphatic rings. The number of carbonyl (C=O) groups excluding carboxylic acids is 1. The zero-order chi connectivity index (χ0) is 12.7. The van der Waals surface area contributed by atoms with E-state index in [2.05, 4.69) is 29.1 Å². The lowest BCUT2D eigenvalue weighted by Gasteiger charge is -2.06. The number of halogens is 1. The molecule has 1 rings (SSSR count). The van der Waals surface area contributed by atoms with Gasteiger partial charge in [-0.05, 0) is 12.3 Å². The second-order valence-corrected chi connectivity index (χ2v) is 4.76. The number of carbonyl (C=O) groups is 1. The van der Waals surface area contributed by atoms with Crippen molar-refractivity contribution in [1.29, 1.82) is 0 Å². The quantitative estimate of drug-likeness (QED) is 0.795. The summed E-state index contributed by atoms with van der Waals surface area (Å²) in [5.41, 5.74) is 0.304. The molecule has 0 aromatic carbocycles. The Hall–Kier alpha value is -1.16. The topological polar surface area (TPSA) is 54.9 Å². The zero-order valence-electron chi connectivity index (χ0n) is 10.2. The van der Waals surface area contributed by atoms with E-state index in [9.17, 15) is 4.79 Å². The molecule has 0 spiro atoms. The van der Waals surface area contributed by atoms with E-state index >= 15 is 0 Å². The highest BCUT2D eigenvalue weighted by Gasteiger charge is 2.06. The van der Waals surface area contributed by atoms with Gasteiger partial charge in [-0.2, -0.15) is 0 Å². The van der Waals surface area contributed by atoms with Crippen LogP contribution in [-0.2, 0) is 0 Å². The third kappa shape index (κ3) is 5.63. The Bertz CT molecular complexity index is 351. The number of hydrogen-bond acceptors (Lipinski definition) is 3. The number of nitrogens with one attached hydrogen (secondary N) is 1. The largest absolute Gasteiger partial charge is 0.351 e. The lowest BCUT2D eigenvalue weighted by Crippen LogP contribution is -2.25. The smallest absolute Gasteiger partial charge is 0.271 e. The minimum Gasteiger partial charge on any atom is -0.351 e. The van der Waals surface area contributed by atoms with Gasteiger partial charge in [0.2, 0.25) is 0 Å². The van der Waals surface area contributed by atoms with Crippen LogP contribution in [0.3, 0.4) is 0 Å². The van der Waals surface area contributed by atoms with Crippen LogP contribution in [-0.4, -0.2) is 22.4 Å². The third-order valence-corrected chi connectivity index (χ3v) is 2.54. The number of hydrogen-bond donors (Lipinski definition) is 1. The first-order chi connectivity index (χ1) is 8.09. The minimum absolute atomic E-state index is 0.196. The SMILES string of the molecule is CC(C)CCCCNC(=O)c1cnc(Cl)cn1. The van der Waals surface area contributed by atoms with Crippen molar-refractivity contribution in [2.45, 2.75) is 33.1 Å². The predicted octanol–water partition coefficient (Wildman–Crippen LogP) is 2.69. The summed E-state index contributed by atoms with van der Waals surface area (Å²) in [6.07, 6.45) is 6.06. The molecule has 1 aromatic heterocycles. The van der Waals surface area contributed by atoms with Crippen LogP contribution in [0.5, 0.6) is 0 Å². The van der Waals surface area contributed by atoms with Crippen LogP contribution in [0.2, 0.25) is 5.15 Å². The van der Waals surface area contributed by atoms with Gasteiger partial charge in [-0.15, -0.1) is 0 Å². The van der Waals surface area contributed by atoms with Gasteiger partial charge in [0.05, 0.1) is 12.4 Å². The summed E-state index contributed by atoms with van der Waals surface area (Å²) in [5.74, 6) is 0.520. The van der Waals surface area contributed by atoms with Crippen molar-refractivity contribution in [2.24, 2.45) is 5.92 Å². The van der Waals surface area contributed by atoms with Crippen LogP contribution in [0.15, 0.2) is 12.4 Å². The maximum absolute atomic E-state index is 11.6. The molecule has 0 saturated heterocycles. The molecule has 5 heteroatoms. The molecule has 4 nitrogen and oxygen atoms in total. The van der Waals surface area contributed by atoms with Crippen molar-refractivity contribution in [3.8, 4) is 0 Å². The van der Waals surface area contributed by atoms with Gasteiger partial charge in [-0.3, -0.25) is 4.79 Å². The molecule has 94 valence electrons. The van der Waals surface area contributed by atoms with Crippen LogP contribution in [0, 0.1) is 5.92 Å². The van der Waals surface area contributed by atoms with Crippen LogP contribution in [0.25, 0.3) is 0 Å². The molecular formula is C12H18ClN3O. The molecule has 1 heterocycles. The second kappa shape index (κ2) is 7.22. The molecule has 0 atom stereocenters. The van der Waals surface area contributed by atoms with Crippen molar-refractivity contribution in [2.75, 3.05) is 6.54 Å². The molecule has 0 fully saturated rings. The van der Waals surface area contributed by atoms with E-state index in [0.29, 0.717) is 23.3 Å². The summed E-state index contributed by atoms with van der Waals surface area (Å²) in [7, 11) is 0. The summed E-state index contributed by atoms with van der Waals surface area (Å²) in [4.78, 5) is 19.3. The third-order valence-electron chi connectivity index (χ3n) is 2.35. The number of unbranched alkanes of at least 4 members (excludes halogenated alkanes) is 1. The lowest BCUT2D eigenvalue weighted by molar-refractivity contribution is 0.0947. The Balaban J connectivity index is 2.23. The average molecular weight is 256 g/mol.